The number of nitrogens with zero attached hydrogens (tertiary/aromatic N) is 2. The summed E-state index contributed by atoms with van der Waals surface area (Å²) in [6.45, 7) is 0. The van der Waals surface area contributed by atoms with E-state index in [4.69, 9.17) is 4.42 Å². The SMILES string of the molecule is Ic1nnc(C(C2CC2)C2CC2)o1. The first-order valence-corrected chi connectivity index (χ1v) is 5.91. The van der Waals surface area contributed by atoms with E-state index in [2.05, 4.69) is 32.8 Å². The highest BCUT2D eigenvalue weighted by atomic mass is 127. The summed E-state index contributed by atoms with van der Waals surface area (Å²) in [4.78, 5) is 0. The summed E-state index contributed by atoms with van der Waals surface area (Å²) in [7, 11) is 0. The van der Waals surface area contributed by atoms with Crippen LogP contribution in [0.1, 0.15) is 37.5 Å². The molecule has 3 nitrogen and oxygen atoms in total. The van der Waals surface area contributed by atoms with Crippen molar-refractivity contribution in [2.75, 3.05) is 0 Å². The second-order valence-corrected chi connectivity index (χ2v) is 5.02. The van der Waals surface area contributed by atoms with E-state index in [0.29, 0.717) is 9.82 Å². The van der Waals surface area contributed by atoms with Gasteiger partial charge in [-0.2, -0.15) is 0 Å². The standard InChI is InChI=1S/C9H11IN2O/c10-9-12-11-8(13-9)7(5-1-2-5)6-3-4-6/h5-7H,1-4H2. The molecule has 1 heterocycles. The molecule has 1 aromatic heterocycles. The summed E-state index contributed by atoms with van der Waals surface area (Å²) in [5, 5.41) is 8.04. The maximum absolute atomic E-state index is 5.51. The summed E-state index contributed by atoms with van der Waals surface area (Å²) >= 11 is 2.08. The first-order chi connectivity index (χ1) is 6.34. The molecule has 0 radical (unpaired) electrons. The fourth-order valence-corrected chi connectivity index (χ4v) is 2.38. The van der Waals surface area contributed by atoms with Crippen molar-refractivity contribution in [2.24, 2.45) is 11.8 Å². The van der Waals surface area contributed by atoms with Crippen molar-refractivity contribution >= 4 is 22.6 Å². The minimum absolute atomic E-state index is 0.594. The molecule has 3 rings (SSSR count). The van der Waals surface area contributed by atoms with Crippen molar-refractivity contribution in [3.8, 4) is 0 Å². The van der Waals surface area contributed by atoms with Gasteiger partial charge in [0.15, 0.2) is 0 Å². The van der Waals surface area contributed by atoms with Crippen molar-refractivity contribution in [3.05, 3.63) is 9.79 Å². The van der Waals surface area contributed by atoms with E-state index in [1.165, 1.54) is 25.7 Å². The number of hydrogen-bond donors (Lipinski definition) is 0. The molecule has 0 aliphatic heterocycles. The van der Waals surface area contributed by atoms with Gasteiger partial charge in [0.05, 0.1) is 0 Å². The van der Waals surface area contributed by atoms with Crippen LogP contribution in [0.4, 0.5) is 0 Å². The molecule has 2 fully saturated rings. The largest absolute Gasteiger partial charge is 0.416 e. The number of halogens is 1. The zero-order chi connectivity index (χ0) is 8.84. The normalized spacial score (nSPS) is 22.6. The van der Waals surface area contributed by atoms with Crippen LogP contribution in [0.2, 0.25) is 0 Å². The van der Waals surface area contributed by atoms with Gasteiger partial charge >= 0.3 is 0 Å². The third-order valence-corrected chi connectivity index (χ3v) is 3.40. The number of aromatic nitrogens is 2. The van der Waals surface area contributed by atoms with E-state index in [-0.39, 0.29) is 0 Å². The lowest BCUT2D eigenvalue weighted by Gasteiger charge is -2.08. The Bertz CT molecular complexity index is 305. The molecule has 2 aliphatic rings. The first kappa shape index (κ1) is 8.20. The Labute approximate surface area is 90.4 Å². The molecule has 1 aromatic rings. The van der Waals surface area contributed by atoms with Crippen LogP contribution in [0, 0.1) is 15.7 Å². The van der Waals surface area contributed by atoms with Crippen LogP contribution in [0.15, 0.2) is 4.42 Å². The average molecular weight is 290 g/mol. The summed E-state index contributed by atoms with van der Waals surface area (Å²) in [5.74, 6) is 3.19. The van der Waals surface area contributed by atoms with Gasteiger partial charge in [-0.15, -0.1) is 10.2 Å². The molecular formula is C9H11IN2O. The van der Waals surface area contributed by atoms with E-state index in [1.807, 2.05) is 0 Å². The lowest BCUT2D eigenvalue weighted by molar-refractivity contribution is 0.381. The van der Waals surface area contributed by atoms with E-state index >= 15 is 0 Å². The Kier molecular flexibility index (Phi) is 1.85. The quantitative estimate of drug-likeness (QED) is 0.803. The smallest absolute Gasteiger partial charge is 0.278 e. The zero-order valence-electron chi connectivity index (χ0n) is 7.24. The number of rotatable bonds is 3. The summed E-state index contributed by atoms with van der Waals surface area (Å²) < 4.78 is 6.19. The molecule has 0 aromatic carbocycles. The highest BCUT2D eigenvalue weighted by Crippen LogP contribution is 2.53. The average Bonchev–Trinajstić information content (AvgIpc) is 2.95. The fourth-order valence-electron chi connectivity index (χ4n) is 2.05. The van der Waals surface area contributed by atoms with Gasteiger partial charge in [-0.25, -0.2) is 0 Å². The second kappa shape index (κ2) is 2.93. The van der Waals surface area contributed by atoms with Crippen molar-refractivity contribution in [1.29, 1.82) is 0 Å². The van der Waals surface area contributed by atoms with Crippen LogP contribution >= 0.6 is 22.6 Å². The van der Waals surface area contributed by atoms with Gasteiger partial charge < -0.3 is 4.42 Å². The predicted molar refractivity (Wildman–Crippen MR) is 55.2 cm³/mol. The van der Waals surface area contributed by atoms with Crippen LogP contribution in [-0.4, -0.2) is 10.2 Å². The monoisotopic (exact) mass is 290 g/mol. The highest BCUT2D eigenvalue weighted by Gasteiger charge is 2.45. The van der Waals surface area contributed by atoms with Crippen LogP contribution < -0.4 is 0 Å². The van der Waals surface area contributed by atoms with Crippen LogP contribution in [0.3, 0.4) is 0 Å². The molecule has 0 saturated heterocycles. The first-order valence-electron chi connectivity index (χ1n) is 4.83. The van der Waals surface area contributed by atoms with Gasteiger partial charge in [0.2, 0.25) is 5.89 Å². The highest BCUT2D eigenvalue weighted by molar-refractivity contribution is 14.1. The van der Waals surface area contributed by atoms with Crippen molar-refractivity contribution in [2.45, 2.75) is 31.6 Å². The molecule has 0 amide bonds. The van der Waals surface area contributed by atoms with Gasteiger partial charge in [-0.3, -0.25) is 0 Å². The third kappa shape index (κ3) is 1.60. The molecule has 0 spiro atoms. The summed E-state index contributed by atoms with van der Waals surface area (Å²) in [6, 6.07) is 0. The predicted octanol–water partition coefficient (Wildman–Crippen LogP) is 2.58. The Hall–Kier alpha value is -0.130. The Morgan fingerprint density at radius 2 is 1.77 bits per heavy atom. The molecule has 13 heavy (non-hydrogen) atoms. The van der Waals surface area contributed by atoms with Gasteiger partial charge in [-0.1, -0.05) is 0 Å². The molecule has 0 bridgehead atoms. The Morgan fingerprint density at radius 3 is 2.15 bits per heavy atom. The lowest BCUT2D eigenvalue weighted by atomic mass is 9.98. The zero-order valence-corrected chi connectivity index (χ0v) is 9.40. The molecule has 4 heteroatoms. The van der Waals surface area contributed by atoms with Gasteiger partial charge in [0, 0.05) is 28.5 Å². The van der Waals surface area contributed by atoms with Crippen molar-refractivity contribution < 1.29 is 4.42 Å². The van der Waals surface area contributed by atoms with Gasteiger partial charge in [0.25, 0.3) is 3.90 Å². The Morgan fingerprint density at radius 1 is 1.15 bits per heavy atom. The van der Waals surface area contributed by atoms with E-state index in [1.54, 1.807) is 0 Å². The summed E-state index contributed by atoms with van der Waals surface area (Å²) in [6.07, 6.45) is 5.44. The van der Waals surface area contributed by atoms with Crippen molar-refractivity contribution in [3.63, 3.8) is 0 Å². The molecule has 0 unspecified atom stereocenters. The Balaban J connectivity index is 1.86. The fraction of sp³-hybridized carbons (Fsp3) is 0.778. The van der Waals surface area contributed by atoms with Crippen LogP contribution in [-0.2, 0) is 0 Å². The van der Waals surface area contributed by atoms with Crippen LogP contribution in [0.25, 0.3) is 0 Å². The lowest BCUT2D eigenvalue weighted by Crippen LogP contribution is -2.04. The molecule has 0 N–H and O–H groups in total. The van der Waals surface area contributed by atoms with E-state index in [9.17, 15) is 0 Å². The summed E-state index contributed by atoms with van der Waals surface area (Å²) in [5.41, 5.74) is 0. The number of hydrogen-bond acceptors (Lipinski definition) is 3. The topological polar surface area (TPSA) is 38.9 Å². The van der Waals surface area contributed by atoms with Gasteiger partial charge in [-0.05, 0) is 37.5 Å². The molecule has 2 aliphatic carbocycles. The molecular weight excluding hydrogens is 279 g/mol. The maximum atomic E-state index is 5.51. The minimum atomic E-state index is 0.594. The van der Waals surface area contributed by atoms with Gasteiger partial charge in [0.1, 0.15) is 0 Å². The van der Waals surface area contributed by atoms with Crippen LogP contribution in [0.5, 0.6) is 0 Å². The van der Waals surface area contributed by atoms with E-state index < -0.39 is 0 Å². The molecule has 2 saturated carbocycles. The van der Waals surface area contributed by atoms with Crippen molar-refractivity contribution in [1.82, 2.24) is 10.2 Å². The molecule has 0 atom stereocenters. The maximum Gasteiger partial charge on any atom is 0.278 e. The minimum Gasteiger partial charge on any atom is -0.416 e. The van der Waals surface area contributed by atoms with E-state index in [0.717, 1.165) is 17.7 Å². The molecule has 70 valence electrons. The third-order valence-electron chi connectivity index (χ3n) is 2.96. The second-order valence-electron chi connectivity index (χ2n) is 4.09.